The minimum atomic E-state index is -0.330. The first-order chi connectivity index (χ1) is 5.25. The summed E-state index contributed by atoms with van der Waals surface area (Å²) in [6.45, 7) is 3.48. The van der Waals surface area contributed by atoms with Crippen molar-refractivity contribution in [3.8, 4) is 0 Å². The Labute approximate surface area is 68.7 Å². The highest BCUT2D eigenvalue weighted by Gasteiger charge is 2.26. The summed E-state index contributed by atoms with van der Waals surface area (Å²) in [6.07, 6.45) is 3.59. The van der Waals surface area contributed by atoms with E-state index in [0.717, 1.165) is 13.0 Å². The van der Waals surface area contributed by atoms with Gasteiger partial charge in [0.25, 0.3) is 0 Å². The molecule has 3 nitrogen and oxygen atoms in total. The fourth-order valence-electron chi connectivity index (χ4n) is 1.77. The number of hydrogen-bond acceptors (Lipinski definition) is 3. The van der Waals surface area contributed by atoms with E-state index in [1.165, 1.54) is 12.8 Å². The van der Waals surface area contributed by atoms with Crippen LogP contribution in [-0.2, 0) is 0 Å². The van der Waals surface area contributed by atoms with Crippen LogP contribution < -0.4 is 5.73 Å². The van der Waals surface area contributed by atoms with Crippen molar-refractivity contribution in [1.29, 1.82) is 0 Å². The minimum Gasteiger partial charge on any atom is -0.437 e. The fourth-order valence-corrected chi connectivity index (χ4v) is 1.77. The Morgan fingerprint density at radius 2 is 2.36 bits per heavy atom. The van der Waals surface area contributed by atoms with Gasteiger partial charge in [-0.3, -0.25) is 0 Å². The monoisotopic (exact) mass is 156 g/mol. The highest BCUT2D eigenvalue weighted by atomic mass is 16.2. The summed E-state index contributed by atoms with van der Waals surface area (Å²) < 4.78 is 0. The SMILES string of the molecule is CB(O)N1CCCCC1CN. The first kappa shape index (κ1) is 9.04. The molecule has 0 spiro atoms. The van der Waals surface area contributed by atoms with Gasteiger partial charge in [-0.1, -0.05) is 6.42 Å². The molecule has 1 heterocycles. The standard InChI is InChI=1S/C7H17BN2O/c1-8(11)10-5-3-2-4-7(10)6-9/h7,11H,2-6,9H2,1H3. The Bertz CT molecular complexity index is 121. The Kier molecular flexibility index (Phi) is 3.36. The van der Waals surface area contributed by atoms with E-state index in [1.807, 2.05) is 6.82 Å². The van der Waals surface area contributed by atoms with Crippen LogP contribution in [0.3, 0.4) is 0 Å². The van der Waals surface area contributed by atoms with E-state index in [9.17, 15) is 5.02 Å². The molecule has 1 saturated heterocycles. The quantitative estimate of drug-likeness (QED) is 0.549. The lowest BCUT2D eigenvalue weighted by Gasteiger charge is -2.35. The van der Waals surface area contributed by atoms with Crippen molar-refractivity contribution in [2.75, 3.05) is 13.1 Å². The summed E-state index contributed by atoms with van der Waals surface area (Å²) >= 11 is 0. The van der Waals surface area contributed by atoms with E-state index in [4.69, 9.17) is 5.73 Å². The molecule has 64 valence electrons. The van der Waals surface area contributed by atoms with Gasteiger partial charge >= 0.3 is 7.05 Å². The van der Waals surface area contributed by atoms with Crippen molar-refractivity contribution >= 4 is 7.05 Å². The summed E-state index contributed by atoms with van der Waals surface area (Å²) in [5, 5.41) is 9.35. The molecule has 0 amide bonds. The number of rotatable bonds is 2. The maximum Gasteiger partial charge on any atom is 0.376 e. The molecule has 0 aliphatic carbocycles. The first-order valence-corrected chi connectivity index (χ1v) is 4.39. The number of nitrogens with zero attached hydrogens (tertiary/aromatic N) is 1. The molecule has 1 unspecified atom stereocenters. The first-order valence-electron chi connectivity index (χ1n) is 4.39. The molecule has 1 atom stereocenters. The van der Waals surface area contributed by atoms with Crippen LogP contribution in [-0.4, -0.2) is 36.0 Å². The summed E-state index contributed by atoms with van der Waals surface area (Å²) in [5.41, 5.74) is 5.58. The zero-order valence-corrected chi connectivity index (χ0v) is 7.16. The van der Waals surface area contributed by atoms with E-state index >= 15 is 0 Å². The molecule has 11 heavy (non-hydrogen) atoms. The molecule has 1 fully saturated rings. The number of hydrogen-bond donors (Lipinski definition) is 2. The minimum absolute atomic E-state index is 0.330. The van der Waals surface area contributed by atoms with Gasteiger partial charge in [-0.15, -0.1) is 0 Å². The van der Waals surface area contributed by atoms with Crippen molar-refractivity contribution in [3.63, 3.8) is 0 Å². The number of nitrogens with two attached hydrogens (primary N) is 1. The van der Waals surface area contributed by atoms with Gasteiger partial charge in [0.2, 0.25) is 0 Å². The molecule has 1 aliphatic rings. The van der Waals surface area contributed by atoms with Gasteiger partial charge < -0.3 is 15.6 Å². The topological polar surface area (TPSA) is 49.5 Å². The summed E-state index contributed by atoms with van der Waals surface area (Å²) in [7, 11) is -0.330. The molecular formula is C7H17BN2O. The molecule has 0 radical (unpaired) electrons. The molecule has 3 N–H and O–H groups in total. The van der Waals surface area contributed by atoms with Crippen molar-refractivity contribution < 1.29 is 5.02 Å². The lowest BCUT2D eigenvalue weighted by Crippen LogP contribution is -2.50. The molecule has 1 aliphatic heterocycles. The van der Waals surface area contributed by atoms with Crippen LogP contribution in [0.15, 0.2) is 0 Å². The molecule has 0 aromatic heterocycles. The largest absolute Gasteiger partial charge is 0.437 e. The summed E-state index contributed by atoms with van der Waals surface area (Å²) in [4.78, 5) is 2.09. The smallest absolute Gasteiger partial charge is 0.376 e. The molecular weight excluding hydrogens is 139 g/mol. The zero-order chi connectivity index (χ0) is 8.27. The van der Waals surface area contributed by atoms with Gasteiger partial charge in [0.1, 0.15) is 0 Å². The van der Waals surface area contributed by atoms with Crippen LogP contribution in [0.5, 0.6) is 0 Å². The molecule has 4 heteroatoms. The Hall–Kier alpha value is -0.0551. The van der Waals surface area contributed by atoms with Crippen molar-refractivity contribution in [3.05, 3.63) is 0 Å². The Balaban J connectivity index is 2.44. The highest BCUT2D eigenvalue weighted by molar-refractivity contribution is 6.45. The van der Waals surface area contributed by atoms with Gasteiger partial charge in [0, 0.05) is 12.6 Å². The van der Waals surface area contributed by atoms with Crippen LogP contribution in [0, 0.1) is 0 Å². The third-order valence-corrected chi connectivity index (χ3v) is 2.42. The van der Waals surface area contributed by atoms with Crippen molar-refractivity contribution in [1.82, 2.24) is 4.81 Å². The predicted molar refractivity (Wildman–Crippen MR) is 47.2 cm³/mol. The van der Waals surface area contributed by atoms with Crippen LogP contribution in [0.4, 0.5) is 0 Å². The molecule has 0 aromatic carbocycles. The van der Waals surface area contributed by atoms with E-state index in [1.54, 1.807) is 0 Å². The lowest BCUT2D eigenvalue weighted by molar-refractivity contribution is 0.230. The van der Waals surface area contributed by atoms with Gasteiger partial charge in [0.15, 0.2) is 0 Å². The van der Waals surface area contributed by atoms with Crippen molar-refractivity contribution in [2.24, 2.45) is 5.73 Å². The van der Waals surface area contributed by atoms with E-state index < -0.39 is 0 Å². The van der Waals surface area contributed by atoms with Gasteiger partial charge in [0.05, 0.1) is 0 Å². The Morgan fingerprint density at radius 3 is 2.82 bits per heavy atom. The van der Waals surface area contributed by atoms with E-state index in [0.29, 0.717) is 12.6 Å². The third kappa shape index (κ3) is 2.19. The fraction of sp³-hybridized carbons (Fsp3) is 1.00. The normalized spacial score (nSPS) is 27.0. The van der Waals surface area contributed by atoms with Crippen LogP contribution in [0.2, 0.25) is 6.82 Å². The predicted octanol–water partition coefficient (Wildman–Crippen LogP) is -0.0901. The van der Waals surface area contributed by atoms with Gasteiger partial charge in [-0.2, -0.15) is 0 Å². The third-order valence-electron chi connectivity index (χ3n) is 2.42. The second kappa shape index (κ2) is 4.09. The molecule has 0 saturated carbocycles. The van der Waals surface area contributed by atoms with E-state index in [-0.39, 0.29) is 7.05 Å². The van der Waals surface area contributed by atoms with Gasteiger partial charge in [-0.25, -0.2) is 0 Å². The Morgan fingerprint density at radius 1 is 1.64 bits per heavy atom. The lowest BCUT2D eigenvalue weighted by atomic mass is 9.80. The van der Waals surface area contributed by atoms with E-state index in [2.05, 4.69) is 4.81 Å². The van der Waals surface area contributed by atoms with Gasteiger partial charge in [-0.05, 0) is 26.2 Å². The van der Waals surface area contributed by atoms with Crippen LogP contribution >= 0.6 is 0 Å². The average molecular weight is 156 g/mol. The maximum absolute atomic E-state index is 9.35. The van der Waals surface area contributed by atoms with Crippen molar-refractivity contribution in [2.45, 2.75) is 32.1 Å². The number of piperidine rings is 1. The molecule has 1 rings (SSSR count). The molecule has 0 bridgehead atoms. The summed E-state index contributed by atoms with van der Waals surface area (Å²) in [6, 6.07) is 0.406. The van der Waals surface area contributed by atoms with Crippen LogP contribution in [0.1, 0.15) is 19.3 Å². The second-order valence-corrected chi connectivity index (χ2v) is 3.26. The zero-order valence-electron chi connectivity index (χ0n) is 7.16. The average Bonchev–Trinajstić information content (AvgIpc) is 2.04. The second-order valence-electron chi connectivity index (χ2n) is 3.26. The van der Waals surface area contributed by atoms with Crippen LogP contribution in [0.25, 0.3) is 0 Å². The maximum atomic E-state index is 9.35. The summed E-state index contributed by atoms with van der Waals surface area (Å²) in [5.74, 6) is 0. The highest BCUT2D eigenvalue weighted by Crippen LogP contribution is 2.16. The molecule has 0 aromatic rings.